The molecule has 3 heterocycles. The predicted octanol–water partition coefficient (Wildman–Crippen LogP) is 2.32. The first-order valence-electron chi connectivity index (χ1n) is 9.61. The minimum absolute atomic E-state index is 0.000808. The van der Waals surface area contributed by atoms with E-state index in [2.05, 4.69) is 15.1 Å². The van der Waals surface area contributed by atoms with Gasteiger partial charge in [0.2, 0.25) is 17.6 Å². The molecule has 0 aliphatic carbocycles. The van der Waals surface area contributed by atoms with Crippen molar-refractivity contribution >= 4 is 17.3 Å². The molecule has 154 valence electrons. The van der Waals surface area contributed by atoms with Gasteiger partial charge in [0.05, 0.1) is 4.92 Å². The lowest BCUT2D eigenvalue weighted by Gasteiger charge is -2.35. The van der Waals surface area contributed by atoms with E-state index in [9.17, 15) is 14.9 Å². The van der Waals surface area contributed by atoms with Crippen LogP contribution in [0.1, 0.15) is 12.3 Å². The highest BCUT2D eigenvalue weighted by atomic mass is 16.6. The van der Waals surface area contributed by atoms with E-state index in [1.165, 1.54) is 6.07 Å². The van der Waals surface area contributed by atoms with Gasteiger partial charge in [-0.2, -0.15) is 4.98 Å². The lowest BCUT2D eigenvalue weighted by molar-refractivity contribution is -0.384. The summed E-state index contributed by atoms with van der Waals surface area (Å²) in [5, 5.41) is 15.2. The standard InChI is InChI=1S/C20H20N6O4/c27-19(6-5-18-22-20(23-30-18)15-7-9-21-10-8-15)25-13-11-24(12-14-25)16-3-1-2-4-17(16)26(28)29/h1-4,7-10H,5-6,11-14H2. The fourth-order valence-corrected chi connectivity index (χ4v) is 3.43. The van der Waals surface area contributed by atoms with Crippen LogP contribution < -0.4 is 4.90 Å². The van der Waals surface area contributed by atoms with E-state index < -0.39 is 0 Å². The number of rotatable bonds is 6. The van der Waals surface area contributed by atoms with Crippen LogP contribution in [-0.4, -0.2) is 57.0 Å². The van der Waals surface area contributed by atoms with Crippen LogP contribution in [0, 0.1) is 10.1 Å². The molecule has 0 saturated carbocycles. The number of amides is 1. The molecule has 0 radical (unpaired) electrons. The fraction of sp³-hybridized carbons (Fsp3) is 0.300. The molecule has 4 rings (SSSR count). The topological polar surface area (TPSA) is 118 Å². The van der Waals surface area contributed by atoms with E-state index >= 15 is 0 Å². The first-order chi connectivity index (χ1) is 14.6. The van der Waals surface area contributed by atoms with Crippen LogP contribution in [0.15, 0.2) is 53.3 Å². The molecule has 1 amide bonds. The SMILES string of the molecule is O=C(CCc1nc(-c2ccncc2)no1)N1CCN(c2ccccc2[N+](=O)[O-])CC1. The number of pyridine rings is 1. The molecular formula is C20H20N6O4. The van der Waals surface area contributed by atoms with Gasteiger partial charge < -0.3 is 14.3 Å². The normalized spacial score (nSPS) is 14.0. The zero-order valence-electron chi connectivity index (χ0n) is 16.2. The van der Waals surface area contributed by atoms with Crippen molar-refractivity contribution in [3.63, 3.8) is 0 Å². The number of aromatic nitrogens is 3. The van der Waals surface area contributed by atoms with Gasteiger partial charge in [0.25, 0.3) is 5.69 Å². The van der Waals surface area contributed by atoms with Crippen LogP contribution in [0.25, 0.3) is 11.4 Å². The van der Waals surface area contributed by atoms with E-state index in [-0.39, 0.29) is 22.9 Å². The van der Waals surface area contributed by atoms with E-state index in [0.29, 0.717) is 50.0 Å². The van der Waals surface area contributed by atoms with Crippen LogP contribution in [0.4, 0.5) is 11.4 Å². The number of nitro groups is 1. The number of piperazine rings is 1. The highest BCUT2D eigenvalue weighted by molar-refractivity contribution is 5.77. The summed E-state index contributed by atoms with van der Waals surface area (Å²) in [6.45, 7) is 2.11. The molecule has 0 bridgehead atoms. The minimum atomic E-state index is -0.378. The highest BCUT2D eigenvalue weighted by Crippen LogP contribution is 2.28. The number of nitro benzene ring substituents is 1. The second-order valence-corrected chi connectivity index (χ2v) is 6.86. The zero-order valence-corrected chi connectivity index (χ0v) is 16.2. The van der Waals surface area contributed by atoms with E-state index in [4.69, 9.17) is 4.52 Å². The van der Waals surface area contributed by atoms with Crippen molar-refractivity contribution in [2.45, 2.75) is 12.8 Å². The number of carbonyl (C=O) groups is 1. The number of aryl methyl sites for hydroxylation is 1. The number of anilines is 1. The summed E-state index contributed by atoms with van der Waals surface area (Å²) >= 11 is 0. The Kier molecular flexibility index (Phi) is 5.64. The van der Waals surface area contributed by atoms with Crippen molar-refractivity contribution in [2.24, 2.45) is 0 Å². The molecule has 1 saturated heterocycles. The number of nitrogens with zero attached hydrogens (tertiary/aromatic N) is 6. The van der Waals surface area contributed by atoms with E-state index in [1.807, 2.05) is 4.90 Å². The Morgan fingerprint density at radius 2 is 1.83 bits per heavy atom. The number of para-hydroxylation sites is 2. The molecule has 0 N–H and O–H groups in total. The van der Waals surface area contributed by atoms with Crippen molar-refractivity contribution in [3.8, 4) is 11.4 Å². The summed E-state index contributed by atoms with van der Waals surface area (Å²) < 4.78 is 5.24. The third-order valence-corrected chi connectivity index (χ3v) is 5.01. The van der Waals surface area contributed by atoms with E-state index in [1.54, 1.807) is 47.6 Å². The first kappa shape index (κ1) is 19.5. The monoisotopic (exact) mass is 408 g/mol. The Morgan fingerprint density at radius 3 is 2.57 bits per heavy atom. The number of hydrogen-bond acceptors (Lipinski definition) is 8. The summed E-state index contributed by atoms with van der Waals surface area (Å²) in [4.78, 5) is 35.4. The smallest absolute Gasteiger partial charge is 0.292 e. The van der Waals surface area contributed by atoms with Gasteiger partial charge in [0.15, 0.2) is 0 Å². The molecule has 1 aliphatic heterocycles. The molecule has 30 heavy (non-hydrogen) atoms. The first-order valence-corrected chi connectivity index (χ1v) is 9.61. The number of hydrogen-bond donors (Lipinski definition) is 0. The maximum absolute atomic E-state index is 12.6. The highest BCUT2D eigenvalue weighted by Gasteiger charge is 2.25. The molecule has 2 aromatic heterocycles. The molecule has 1 aliphatic rings. The Balaban J connectivity index is 1.30. The molecule has 10 nitrogen and oxygen atoms in total. The Morgan fingerprint density at radius 1 is 1.10 bits per heavy atom. The molecule has 0 spiro atoms. The third kappa shape index (κ3) is 4.27. The molecule has 0 unspecified atom stereocenters. The van der Waals surface area contributed by atoms with Gasteiger partial charge in [0.1, 0.15) is 5.69 Å². The summed E-state index contributed by atoms with van der Waals surface area (Å²) in [5.41, 5.74) is 1.47. The van der Waals surface area contributed by atoms with Crippen molar-refractivity contribution in [3.05, 3.63) is 64.8 Å². The van der Waals surface area contributed by atoms with E-state index in [0.717, 1.165) is 5.56 Å². The van der Waals surface area contributed by atoms with Gasteiger partial charge in [-0.05, 0) is 18.2 Å². The quantitative estimate of drug-likeness (QED) is 0.450. The van der Waals surface area contributed by atoms with Gasteiger partial charge in [-0.15, -0.1) is 0 Å². The average molecular weight is 408 g/mol. The molecule has 3 aromatic rings. The van der Waals surface area contributed by atoms with Crippen LogP contribution in [0.2, 0.25) is 0 Å². The van der Waals surface area contributed by atoms with Gasteiger partial charge >= 0.3 is 0 Å². The molecular weight excluding hydrogens is 388 g/mol. The summed E-state index contributed by atoms with van der Waals surface area (Å²) in [6, 6.07) is 10.2. The lowest BCUT2D eigenvalue weighted by Crippen LogP contribution is -2.49. The zero-order chi connectivity index (χ0) is 20.9. The average Bonchev–Trinajstić information content (AvgIpc) is 3.27. The van der Waals surface area contributed by atoms with Crippen molar-refractivity contribution in [1.82, 2.24) is 20.0 Å². The second-order valence-electron chi connectivity index (χ2n) is 6.86. The maximum Gasteiger partial charge on any atom is 0.292 e. The maximum atomic E-state index is 12.6. The van der Waals surface area contributed by atoms with Crippen molar-refractivity contribution in [2.75, 3.05) is 31.1 Å². The van der Waals surface area contributed by atoms with Gasteiger partial charge in [-0.1, -0.05) is 17.3 Å². The Bertz CT molecular complexity index is 1030. The summed E-state index contributed by atoms with van der Waals surface area (Å²) in [5.74, 6) is 0.882. The van der Waals surface area contributed by atoms with Gasteiger partial charge in [-0.25, -0.2) is 0 Å². The molecule has 1 fully saturated rings. The van der Waals surface area contributed by atoms with Crippen LogP contribution in [-0.2, 0) is 11.2 Å². The Hall–Kier alpha value is -3.82. The number of carbonyl (C=O) groups excluding carboxylic acids is 1. The predicted molar refractivity (Wildman–Crippen MR) is 108 cm³/mol. The van der Waals surface area contributed by atoms with Crippen LogP contribution in [0.3, 0.4) is 0 Å². The van der Waals surface area contributed by atoms with Gasteiger partial charge in [0, 0.05) is 63.0 Å². The van der Waals surface area contributed by atoms with Gasteiger partial charge in [-0.3, -0.25) is 19.9 Å². The van der Waals surface area contributed by atoms with Crippen molar-refractivity contribution in [1.29, 1.82) is 0 Å². The third-order valence-electron chi connectivity index (χ3n) is 5.01. The summed E-state index contributed by atoms with van der Waals surface area (Å²) in [7, 11) is 0. The molecule has 0 atom stereocenters. The second kappa shape index (κ2) is 8.68. The number of benzene rings is 1. The minimum Gasteiger partial charge on any atom is -0.362 e. The van der Waals surface area contributed by atoms with Crippen LogP contribution in [0.5, 0.6) is 0 Å². The fourth-order valence-electron chi connectivity index (χ4n) is 3.43. The van der Waals surface area contributed by atoms with Crippen LogP contribution >= 0.6 is 0 Å². The molecule has 1 aromatic carbocycles. The largest absolute Gasteiger partial charge is 0.362 e. The summed E-state index contributed by atoms with van der Waals surface area (Å²) in [6.07, 6.45) is 3.93. The lowest BCUT2D eigenvalue weighted by atomic mass is 10.2. The molecule has 10 heteroatoms. The Labute approximate surface area is 172 Å². The van der Waals surface area contributed by atoms with Crippen molar-refractivity contribution < 1.29 is 14.2 Å².